The molecule has 0 amide bonds. The van der Waals surface area contributed by atoms with E-state index < -0.39 is 29.7 Å². The van der Waals surface area contributed by atoms with Gasteiger partial charge in [-0.2, -0.15) is 0 Å². The Hall–Kier alpha value is -0.744. The largest absolute Gasteiger partial charge is 1.00 e. The van der Waals surface area contributed by atoms with E-state index in [0.717, 1.165) is 6.20 Å². The number of hydrogen-bond donors (Lipinski definition) is 1. The number of ketones is 1. The number of ether oxygens (including phenoxy) is 2. The minimum atomic E-state index is -1.35. The Labute approximate surface area is 183 Å². The molecule has 0 saturated carbocycles. The second-order valence-corrected chi connectivity index (χ2v) is 4.59. The van der Waals surface area contributed by atoms with Crippen LogP contribution in [0.1, 0.15) is 40.0 Å². The minimum Gasteiger partial charge on any atom is -0.548 e. The second-order valence-electron chi connectivity index (χ2n) is 4.59. The third-order valence-corrected chi connectivity index (χ3v) is 2.72. The first-order valence-electron chi connectivity index (χ1n) is 7.32. The molecule has 0 heterocycles. The van der Waals surface area contributed by atoms with Crippen molar-refractivity contribution in [1.82, 2.24) is 5.32 Å². The van der Waals surface area contributed by atoms with Crippen molar-refractivity contribution in [3.8, 4) is 0 Å². The van der Waals surface area contributed by atoms with Gasteiger partial charge in [0.05, 0.1) is 38.1 Å². The van der Waals surface area contributed by atoms with E-state index in [4.69, 9.17) is 9.47 Å². The summed E-state index contributed by atoms with van der Waals surface area (Å²) in [7, 11) is 0. The molecule has 0 bridgehead atoms. The molecule has 0 aromatic heterocycles. The van der Waals surface area contributed by atoms with Gasteiger partial charge in [0.1, 0.15) is 0 Å². The van der Waals surface area contributed by atoms with Gasteiger partial charge < -0.3 is 24.7 Å². The van der Waals surface area contributed by atoms with Gasteiger partial charge in [-0.15, -0.1) is 0 Å². The smallest absolute Gasteiger partial charge is 0.548 e. The summed E-state index contributed by atoms with van der Waals surface area (Å²) in [5.74, 6) is -2.96. The summed E-state index contributed by atoms with van der Waals surface area (Å²) in [5.41, 5.74) is 0.0286. The fourth-order valence-electron chi connectivity index (χ4n) is 1.50. The van der Waals surface area contributed by atoms with Gasteiger partial charge in [-0.3, -0.25) is 14.4 Å². The van der Waals surface area contributed by atoms with E-state index in [1.807, 2.05) is 0 Å². The molecule has 0 fully saturated rings. The Morgan fingerprint density at radius 3 is 2.08 bits per heavy atom. The molecule has 24 heavy (non-hydrogen) atoms. The van der Waals surface area contributed by atoms with Crippen LogP contribution in [0, 0.1) is 0 Å². The van der Waals surface area contributed by atoms with E-state index in [2.05, 4.69) is 5.32 Å². The molecule has 130 valence electrons. The fraction of sp³-hybridized carbons (Fsp3) is 0.600. The zero-order valence-corrected chi connectivity index (χ0v) is 17.7. The van der Waals surface area contributed by atoms with Gasteiger partial charge in [-0.05, 0) is 20.8 Å². The first-order valence-corrected chi connectivity index (χ1v) is 7.32. The number of carboxylic acid groups (broad SMARTS) is 1. The quantitative estimate of drug-likeness (QED) is 0.226. The van der Waals surface area contributed by atoms with Gasteiger partial charge in [-0.1, -0.05) is 0 Å². The maximum atomic E-state index is 12.1. The van der Waals surface area contributed by atoms with Crippen LogP contribution in [0.5, 0.6) is 0 Å². The molecule has 1 N–H and O–H groups in total. The van der Waals surface area contributed by atoms with Crippen LogP contribution < -0.4 is 61.8 Å². The van der Waals surface area contributed by atoms with E-state index >= 15 is 0 Å². The first kappa shape index (κ1) is 25.5. The van der Waals surface area contributed by atoms with Crippen molar-refractivity contribution in [3.63, 3.8) is 0 Å². The summed E-state index contributed by atoms with van der Waals surface area (Å²) in [4.78, 5) is 45.5. The molecule has 0 saturated heterocycles. The molecule has 9 heteroatoms. The van der Waals surface area contributed by atoms with E-state index in [-0.39, 0.29) is 89.4 Å². The molecule has 1 atom stereocenters. The van der Waals surface area contributed by atoms with Crippen molar-refractivity contribution < 1.29 is 85.1 Å². The molecule has 8 nitrogen and oxygen atoms in total. The average Bonchev–Trinajstić information content (AvgIpc) is 2.49. The zero-order valence-electron chi connectivity index (χ0n) is 14.5. The molecule has 0 aliphatic heterocycles. The maximum Gasteiger partial charge on any atom is 1.00 e. The Morgan fingerprint density at radius 2 is 1.58 bits per heavy atom. The van der Waals surface area contributed by atoms with Crippen molar-refractivity contribution in [2.75, 3.05) is 13.2 Å². The van der Waals surface area contributed by atoms with Gasteiger partial charge in [0.25, 0.3) is 0 Å². The van der Waals surface area contributed by atoms with Crippen molar-refractivity contribution in [2.24, 2.45) is 0 Å². The SMILES string of the molecule is CCOC(=O)CCC(=O)/C(=C\NC(C)C(=O)[O-])CC(=O)OCC.[K+]. The molecular weight excluding hydrogens is 345 g/mol. The summed E-state index contributed by atoms with van der Waals surface area (Å²) in [6, 6.07) is -1.04. The summed E-state index contributed by atoms with van der Waals surface area (Å²) < 4.78 is 9.48. The van der Waals surface area contributed by atoms with Crippen molar-refractivity contribution in [3.05, 3.63) is 11.8 Å². The van der Waals surface area contributed by atoms with Crippen LogP contribution in [0.4, 0.5) is 0 Å². The summed E-state index contributed by atoms with van der Waals surface area (Å²) in [6.45, 7) is 4.98. The molecule has 1 unspecified atom stereocenters. The van der Waals surface area contributed by atoms with Crippen LogP contribution in [0.2, 0.25) is 0 Å². The van der Waals surface area contributed by atoms with Crippen LogP contribution in [-0.2, 0) is 28.7 Å². The molecule has 0 aromatic carbocycles. The predicted molar refractivity (Wildman–Crippen MR) is 77.8 cm³/mol. The number of aliphatic carboxylic acids is 1. The fourth-order valence-corrected chi connectivity index (χ4v) is 1.50. The van der Waals surface area contributed by atoms with Gasteiger partial charge >= 0.3 is 63.3 Å². The number of hydrogen-bond acceptors (Lipinski definition) is 8. The van der Waals surface area contributed by atoms with Crippen LogP contribution in [0.25, 0.3) is 0 Å². The van der Waals surface area contributed by atoms with Crippen molar-refractivity contribution in [2.45, 2.75) is 46.1 Å². The minimum absolute atomic E-state index is 0. The average molecular weight is 367 g/mol. The molecule has 0 aromatic rings. The number of carbonyl (C=O) groups excluding carboxylic acids is 4. The van der Waals surface area contributed by atoms with Gasteiger partial charge in [-0.25, -0.2) is 0 Å². The Kier molecular flexibility index (Phi) is 15.5. The third kappa shape index (κ3) is 11.7. The summed E-state index contributed by atoms with van der Waals surface area (Å²) >= 11 is 0. The summed E-state index contributed by atoms with van der Waals surface area (Å²) in [6.07, 6.45) is 0.557. The first-order chi connectivity index (χ1) is 10.8. The second kappa shape index (κ2) is 14.6. The van der Waals surface area contributed by atoms with Crippen molar-refractivity contribution in [1.29, 1.82) is 0 Å². The Morgan fingerprint density at radius 1 is 1.04 bits per heavy atom. The monoisotopic (exact) mass is 367 g/mol. The predicted octanol–water partition coefficient (Wildman–Crippen LogP) is -3.53. The molecule has 0 radical (unpaired) electrons. The number of carboxylic acids is 1. The van der Waals surface area contributed by atoms with E-state index in [1.165, 1.54) is 6.92 Å². The Bertz CT molecular complexity index is 476. The summed E-state index contributed by atoms with van der Waals surface area (Å²) in [5, 5.41) is 13.1. The molecule has 0 aliphatic carbocycles. The number of carbonyl (C=O) groups is 4. The number of Topliss-reactive ketones (excluding diaryl/α,β-unsaturated/α-hetero) is 1. The van der Waals surface area contributed by atoms with Gasteiger partial charge in [0, 0.05) is 18.2 Å². The molecule has 0 spiro atoms. The standard InChI is InChI=1S/C15H23NO7.K/c1-4-22-13(18)7-6-12(17)11(8-14(19)23-5-2)9-16-10(3)15(20)21;/h9-10,16H,4-8H2,1-3H3,(H,20,21);/q;+1/p-1/b11-9-;. The van der Waals surface area contributed by atoms with E-state index in [1.54, 1.807) is 13.8 Å². The third-order valence-electron chi connectivity index (χ3n) is 2.72. The Balaban J connectivity index is 0. The van der Waals surface area contributed by atoms with Crippen molar-refractivity contribution >= 4 is 23.7 Å². The maximum absolute atomic E-state index is 12.1. The van der Waals surface area contributed by atoms with Gasteiger partial charge in [0.15, 0.2) is 5.78 Å². The number of esters is 2. The van der Waals surface area contributed by atoms with Gasteiger partial charge in [0.2, 0.25) is 0 Å². The topological polar surface area (TPSA) is 122 Å². The number of nitrogens with one attached hydrogen (secondary N) is 1. The number of rotatable bonds is 11. The molecule has 0 aliphatic rings. The van der Waals surface area contributed by atoms with E-state index in [9.17, 15) is 24.3 Å². The molecule has 0 rings (SSSR count). The van der Waals surface area contributed by atoms with Crippen LogP contribution in [-0.4, -0.2) is 42.9 Å². The molecular formula is C15H22KNO7. The van der Waals surface area contributed by atoms with Crippen LogP contribution >= 0.6 is 0 Å². The normalized spacial score (nSPS) is 11.7. The zero-order chi connectivity index (χ0) is 17.8. The van der Waals surface area contributed by atoms with E-state index in [0.29, 0.717) is 0 Å². The van der Waals surface area contributed by atoms with Crippen LogP contribution in [0.3, 0.4) is 0 Å². The van der Waals surface area contributed by atoms with Crippen LogP contribution in [0.15, 0.2) is 11.8 Å².